The van der Waals surface area contributed by atoms with E-state index >= 15 is 0 Å². The van der Waals surface area contributed by atoms with Crippen molar-refractivity contribution in [3.63, 3.8) is 0 Å². The molecule has 0 heterocycles. The van der Waals surface area contributed by atoms with Crippen molar-refractivity contribution in [2.45, 2.75) is 73.4 Å². The third-order valence-electron chi connectivity index (χ3n) is 4.05. The quantitative estimate of drug-likeness (QED) is 0.777. The Morgan fingerprint density at radius 1 is 1.26 bits per heavy atom. The van der Waals surface area contributed by atoms with E-state index in [4.69, 9.17) is 0 Å². The Labute approximate surface area is 118 Å². The molecule has 0 aliphatic heterocycles. The molecule has 2 atom stereocenters. The summed E-state index contributed by atoms with van der Waals surface area (Å²) in [6.07, 6.45) is 1.82. The maximum absolute atomic E-state index is 11.6. The van der Waals surface area contributed by atoms with Gasteiger partial charge < -0.3 is 10.6 Å². The standard InChI is InChI=1S/C16H32N2O/c1-11(2)18-13(19)8-9-17-14-12(16(14,6)7)10-15(3,4)5/h11-12,14,17H,8-10H2,1-7H3,(H,18,19). The van der Waals surface area contributed by atoms with Gasteiger partial charge in [-0.25, -0.2) is 0 Å². The lowest BCUT2D eigenvalue weighted by Crippen LogP contribution is -2.33. The van der Waals surface area contributed by atoms with Gasteiger partial charge in [-0.2, -0.15) is 0 Å². The minimum absolute atomic E-state index is 0.147. The topological polar surface area (TPSA) is 41.1 Å². The zero-order valence-corrected chi connectivity index (χ0v) is 13.8. The third kappa shape index (κ3) is 5.13. The normalized spacial score (nSPS) is 25.5. The van der Waals surface area contributed by atoms with Crippen LogP contribution in [0.15, 0.2) is 0 Å². The zero-order valence-electron chi connectivity index (χ0n) is 13.8. The molecule has 0 aromatic rings. The average molecular weight is 268 g/mol. The van der Waals surface area contributed by atoms with Gasteiger partial charge in [0.2, 0.25) is 5.91 Å². The van der Waals surface area contributed by atoms with Crippen molar-refractivity contribution in [3.05, 3.63) is 0 Å². The molecule has 0 saturated heterocycles. The summed E-state index contributed by atoms with van der Waals surface area (Å²) in [4.78, 5) is 11.6. The van der Waals surface area contributed by atoms with Gasteiger partial charge in [0.25, 0.3) is 0 Å². The highest BCUT2D eigenvalue weighted by atomic mass is 16.1. The van der Waals surface area contributed by atoms with E-state index in [9.17, 15) is 4.79 Å². The second kappa shape index (κ2) is 5.82. The SMILES string of the molecule is CC(C)NC(=O)CCNC1C(CC(C)(C)C)C1(C)C. The summed E-state index contributed by atoms with van der Waals surface area (Å²) in [7, 11) is 0. The molecule has 0 radical (unpaired) electrons. The lowest BCUT2D eigenvalue weighted by Gasteiger charge is -2.18. The summed E-state index contributed by atoms with van der Waals surface area (Å²) in [6.45, 7) is 16.3. The first-order valence-electron chi connectivity index (χ1n) is 7.57. The molecule has 0 spiro atoms. The number of nitrogens with one attached hydrogen (secondary N) is 2. The van der Waals surface area contributed by atoms with E-state index in [2.05, 4.69) is 45.3 Å². The van der Waals surface area contributed by atoms with Gasteiger partial charge in [-0.1, -0.05) is 34.6 Å². The van der Waals surface area contributed by atoms with Crippen molar-refractivity contribution in [1.82, 2.24) is 10.6 Å². The van der Waals surface area contributed by atoms with Crippen molar-refractivity contribution in [1.29, 1.82) is 0 Å². The molecule has 1 rings (SSSR count). The van der Waals surface area contributed by atoms with Crippen molar-refractivity contribution in [3.8, 4) is 0 Å². The van der Waals surface area contributed by atoms with Crippen LogP contribution in [-0.4, -0.2) is 24.5 Å². The van der Waals surface area contributed by atoms with E-state index in [1.54, 1.807) is 0 Å². The summed E-state index contributed by atoms with van der Waals surface area (Å²) in [5.74, 6) is 0.883. The highest BCUT2D eigenvalue weighted by Crippen LogP contribution is 2.56. The third-order valence-corrected chi connectivity index (χ3v) is 4.05. The second-order valence-electron chi connectivity index (χ2n) is 8.10. The molecule has 2 unspecified atom stereocenters. The van der Waals surface area contributed by atoms with Gasteiger partial charge in [-0.05, 0) is 37.0 Å². The van der Waals surface area contributed by atoms with E-state index in [0.29, 0.717) is 23.3 Å². The van der Waals surface area contributed by atoms with Gasteiger partial charge in [0, 0.05) is 25.0 Å². The second-order valence-corrected chi connectivity index (χ2v) is 8.10. The smallest absolute Gasteiger partial charge is 0.221 e. The van der Waals surface area contributed by atoms with Crippen LogP contribution in [0.3, 0.4) is 0 Å². The Balaban J connectivity index is 2.29. The molecule has 3 nitrogen and oxygen atoms in total. The Morgan fingerprint density at radius 3 is 2.32 bits per heavy atom. The fourth-order valence-electron chi connectivity index (χ4n) is 2.93. The number of amides is 1. The maximum Gasteiger partial charge on any atom is 0.221 e. The Morgan fingerprint density at radius 2 is 1.84 bits per heavy atom. The van der Waals surface area contributed by atoms with E-state index in [-0.39, 0.29) is 11.9 Å². The van der Waals surface area contributed by atoms with Crippen LogP contribution in [0.5, 0.6) is 0 Å². The maximum atomic E-state index is 11.6. The molecule has 0 aromatic heterocycles. The van der Waals surface area contributed by atoms with Crippen molar-refractivity contribution in [2.75, 3.05) is 6.54 Å². The molecule has 1 aliphatic rings. The lowest BCUT2D eigenvalue weighted by molar-refractivity contribution is -0.121. The van der Waals surface area contributed by atoms with Gasteiger partial charge in [0.1, 0.15) is 0 Å². The summed E-state index contributed by atoms with van der Waals surface area (Å²) in [6, 6.07) is 0.803. The molecule has 3 heteroatoms. The molecule has 2 N–H and O–H groups in total. The Kier molecular flexibility index (Phi) is 5.05. The van der Waals surface area contributed by atoms with Crippen LogP contribution in [0.2, 0.25) is 0 Å². The van der Waals surface area contributed by atoms with Crippen molar-refractivity contribution in [2.24, 2.45) is 16.7 Å². The Hall–Kier alpha value is -0.570. The van der Waals surface area contributed by atoms with Crippen LogP contribution in [0, 0.1) is 16.7 Å². The Bertz CT molecular complexity index is 315. The number of hydrogen-bond donors (Lipinski definition) is 2. The average Bonchev–Trinajstić information content (AvgIpc) is 2.65. The minimum Gasteiger partial charge on any atom is -0.354 e. The molecule has 1 amide bonds. The first-order chi connectivity index (χ1) is 8.54. The molecular weight excluding hydrogens is 236 g/mol. The zero-order chi connectivity index (χ0) is 14.8. The number of carbonyl (C=O) groups is 1. The van der Waals surface area contributed by atoms with Crippen LogP contribution in [0.1, 0.15) is 61.3 Å². The number of carbonyl (C=O) groups excluding carboxylic acids is 1. The predicted molar refractivity (Wildman–Crippen MR) is 81.0 cm³/mol. The van der Waals surface area contributed by atoms with Crippen LogP contribution in [0.25, 0.3) is 0 Å². The van der Waals surface area contributed by atoms with Gasteiger partial charge in [0.05, 0.1) is 0 Å². The van der Waals surface area contributed by atoms with Gasteiger partial charge in [0.15, 0.2) is 0 Å². The van der Waals surface area contributed by atoms with Crippen molar-refractivity contribution < 1.29 is 4.79 Å². The van der Waals surface area contributed by atoms with Crippen molar-refractivity contribution >= 4 is 5.91 Å². The van der Waals surface area contributed by atoms with E-state index in [1.807, 2.05) is 13.8 Å². The van der Waals surface area contributed by atoms with E-state index in [1.165, 1.54) is 6.42 Å². The monoisotopic (exact) mass is 268 g/mol. The first-order valence-corrected chi connectivity index (χ1v) is 7.57. The van der Waals surface area contributed by atoms with E-state index < -0.39 is 0 Å². The molecule has 112 valence electrons. The van der Waals surface area contributed by atoms with Gasteiger partial charge >= 0.3 is 0 Å². The molecular formula is C16H32N2O. The number of rotatable bonds is 6. The molecule has 1 saturated carbocycles. The predicted octanol–water partition coefficient (Wildman–Crippen LogP) is 2.95. The minimum atomic E-state index is 0.147. The summed E-state index contributed by atoms with van der Waals surface area (Å²) in [5.41, 5.74) is 0.759. The fraction of sp³-hybridized carbons (Fsp3) is 0.938. The van der Waals surface area contributed by atoms with Crippen LogP contribution in [-0.2, 0) is 4.79 Å². The van der Waals surface area contributed by atoms with Crippen LogP contribution >= 0.6 is 0 Å². The van der Waals surface area contributed by atoms with E-state index in [0.717, 1.165) is 12.5 Å². The molecule has 0 bridgehead atoms. The fourth-order valence-corrected chi connectivity index (χ4v) is 2.93. The summed E-state index contributed by atoms with van der Waals surface area (Å²) >= 11 is 0. The molecule has 1 aliphatic carbocycles. The largest absolute Gasteiger partial charge is 0.354 e. The highest BCUT2D eigenvalue weighted by molar-refractivity contribution is 5.76. The van der Waals surface area contributed by atoms with Gasteiger partial charge in [-0.3, -0.25) is 4.79 Å². The first kappa shape index (κ1) is 16.5. The lowest BCUT2D eigenvalue weighted by atomic mass is 9.87. The van der Waals surface area contributed by atoms with Crippen LogP contribution in [0.4, 0.5) is 0 Å². The molecule has 19 heavy (non-hydrogen) atoms. The highest BCUT2D eigenvalue weighted by Gasteiger charge is 2.57. The van der Waals surface area contributed by atoms with Crippen LogP contribution < -0.4 is 10.6 Å². The molecule has 0 aromatic carbocycles. The summed E-state index contributed by atoms with van der Waals surface area (Å²) < 4.78 is 0. The van der Waals surface area contributed by atoms with Gasteiger partial charge in [-0.15, -0.1) is 0 Å². The molecule has 1 fully saturated rings. The summed E-state index contributed by atoms with van der Waals surface area (Å²) in [5, 5.41) is 6.49. The number of hydrogen-bond acceptors (Lipinski definition) is 2.